The molecule has 4 aliphatic rings. The number of rotatable bonds is 10. The average Bonchev–Trinajstić information content (AvgIpc) is 4.09. The Balaban J connectivity index is 0.870. The molecule has 6 aromatic rings. The molecule has 4 fully saturated rings. The van der Waals surface area contributed by atoms with Crippen LogP contribution in [0.2, 0.25) is 19.1 Å². The summed E-state index contributed by atoms with van der Waals surface area (Å²) in [5.41, 5.74) is 5.91. The Morgan fingerprint density at radius 3 is 1.97 bits per heavy atom. The van der Waals surface area contributed by atoms with Crippen LogP contribution >= 0.6 is 0 Å². The lowest BCUT2D eigenvalue weighted by molar-refractivity contribution is -0.135. The first-order valence-electron chi connectivity index (χ1n) is 21.8. The summed E-state index contributed by atoms with van der Waals surface area (Å²) in [4.78, 5) is 72.8. The van der Waals surface area contributed by atoms with Gasteiger partial charge in [0.1, 0.15) is 23.7 Å². The van der Waals surface area contributed by atoms with Gasteiger partial charge >= 0.3 is 12.2 Å². The Hall–Kier alpha value is -6.22. The number of fused-ring (bicyclic) bond motifs is 4. The molecule has 14 nitrogen and oxygen atoms in total. The normalized spacial score (nSPS) is 20.7. The molecule has 2 saturated carbocycles. The predicted octanol–water partition coefficient (Wildman–Crippen LogP) is 7.99. The topological polar surface area (TPSA) is 175 Å². The highest BCUT2D eigenvalue weighted by Crippen LogP contribution is 2.42. The van der Waals surface area contributed by atoms with Crippen LogP contribution in [-0.2, 0) is 19.1 Å². The second kappa shape index (κ2) is 15.6. The van der Waals surface area contributed by atoms with Crippen LogP contribution in [0.25, 0.3) is 55.0 Å². The predicted molar refractivity (Wildman–Crippen MR) is 239 cm³/mol. The second-order valence-electron chi connectivity index (χ2n) is 18.4. The van der Waals surface area contributed by atoms with Crippen LogP contribution in [0.1, 0.15) is 62.3 Å². The van der Waals surface area contributed by atoms with E-state index in [1.54, 1.807) is 0 Å². The van der Waals surface area contributed by atoms with E-state index in [2.05, 4.69) is 100 Å². The van der Waals surface area contributed by atoms with Gasteiger partial charge in [0.05, 0.1) is 57.3 Å². The van der Waals surface area contributed by atoms with Gasteiger partial charge in [-0.25, -0.2) is 19.6 Å². The van der Waals surface area contributed by atoms with E-state index in [0.717, 1.165) is 111 Å². The molecule has 4 atom stereocenters. The largest absolute Gasteiger partial charge is 0.453 e. The van der Waals surface area contributed by atoms with E-state index in [4.69, 9.17) is 19.4 Å². The molecule has 2 aliphatic heterocycles. The number of imidazole rings is 2. The van der Waals surface area contributed by atoms with Gasteiger partial charge in [-0.15, -0.1) is 0 Å². The van der Waals surface area contributed by atoms with E-state index in [1.165, 1.54) is 14.2 Å². The monoisotopic (exact) mass is 852 g/mol. The number of methoxy groups -OCH3 is 2. The molecular formula is C47H52N8O6Si. The Bertz CT molecular complexity index is 2760. The van der Waals surface area contributed by atoms with Crippen LogP contribution in [0.15, 0.2) is 72.9 Å². The van der Waals surface area contributed by atoms with Crippen LogP contribution in [0.5, 0.6) is 0 Å². The van der Waals surface area contributed by atoms with Crippen molar-refractivity contribution in [3.63, 3.8) is 0 Å². The molecule has 0 spiro atoms. The maximum absolute atomic E-state index is 14.1. The Kier molecular flexibility index (Phi) is 10.0. The smallest absolute Gasteiger partial charge is 0.407 e. The third kappa shape index (κ3) is 7.56. The van der Waals surface area contributed by atoms with Crippen molar-refractivity contribution in [2.75, 3.05) is 26.9 Å². The summed E-state index contributed by atoms with van der Waals surface area (Å²) in [6.07, 6.45) is 6.73. The van der Waals surface area contributed by atoms with E-state index in [0.29, 0.717) is 12.7 Å². The summed E-state index contributed by atoms with van der Waals surface area (Å²) >= 11 is 0. The number of ether oxygens (including phenoxy) is 2. The Labute approximate surface area is 360 Å². The first kappa shape index (κ1) is 39.9. The number of hydrogen-bond donors (Lipinski definition) is 4. The standard InChI is InChI=1S/C47H52N8O6Si/c1-60-46(58)52-39(26-7-8-26)44(56)54-19-5-6-37(54)42-48-23-36(50-42)33-14-13-29-20-28(11-12-30(29)22-33)31-15-17-34-32(21-31)16-18-35-41(34)51-43(49-35)38-24-62(3,4)25-55(38)45(57)40(27-9-10-27)53-47(59)61-2/h11-18,20-23,26-27,37-40H,5-10,19,24-25H2,1-4H3,(H,48,50)(H,49,51)(H,52,58)(H,53,59)/t37-,38-,39+,40-/m0/s1. The molecule has 0 unspecified atom stereocenters. The summed E-state index contributed by atoms with van der Waals surface area (Å²) in [5, 5.41) is 9.93. The van der Waals surface area contributed by atoms with Gasteiger partial charge < -0.3 is 39.9 Å². The highest BCUT2D eigenvalue weighted by atomic mass is 28.3. The maximum atomic E-state index is 14.1. The number of amides is 4. The lowest BCUT2D eigenvalue weighted by atomic mass is 9.97. The minimum atomic E-state index is -1.76. The van der Waals surface area contributed by atoms with Gasteiger partial charge in [-0.3, -0.25) is 9.59 Å². The van der Waals surface area contributed by atoms with Crippen molar-refractivity contribution >= 4 is 64.7 Å². The number of likely N-dealkylation sites (tertiary alicyclic amines) is 1. The van der Waals surface area contributed by atoms with E-state index in [1.807, 2.05) is 16.0 Å². The zero-order valence-electron chi connectivity index (χ0n) is 35.5. The first-order chi connectivity index (χ1) is 30.0. The molecule has 62 heavy (non-hydrogen) atoms. The average molecular weight is 853 g/mol. The molecule has 0 bridgehead atoms. The van der Waals surface area contributed by atoms with Gasteiger partial charge in [-0.2, -0.15) is 0 Å². The molecule has 4 amide bonds. The lowest BCUT2D eigenvalue weighted by Crippen LogP contribution is -2.50. The SMILES string of the molecule is COC(=O)N[C@H](C(=O)N1C[Si](C)(C)C[C@H]1c1nc2c(ccc3cc(-c4ccc5cc(-c6cnc([C@@H]7CCCN7C(=O)[C@H](NC(=O)OC)C7CC7)[nH]6)ccc5c4)ccc32)[nH]1)C1CC1. The summed E-state index contributed by atoms with van der Waals surface area (Å²) in [5.74, 6) is 1.70. The minimum absolute atomic E-state index is 0.0476. The van der Waals surface area contributed by atoms with Crippen LogP contribution in [0.4, 0.5) is 9.59 Å². The van der Waals surface area contributed by atoms with Gasteiger partial charge in [0.15, 0.2) is 0 Å². The molecule has 320 valence electrons. The number of nitrogens with one attached hydrogen (secondary N) is 4. The highest BCUT2D eigenvalue weighted by Gasteiger charge is 2.48. The molecule has 2 aliphatic carbocycles. The molecule has 2 saturated heterocycles. The van der Waals surface area contributed by atoms with Gasteiger partial charge in [-0.1, -0.05) is 55.6 Å². The number of hydrogen-bond acceptors (Lipinski definition) is 8. The third-order valence-corrected chi connectivity index (χ3v) is 16.1. The van der Waals surface area contributed by atoms with Crippen molar-refractivity contribution < 1.29 is 28.7 Å². The number of carbonyl (C=O) groups excluding carboxylic acids is 4. The fourth-order valence-electron chi connectivity index (χ4n) is 9.81. The van der Waals surface area contributed by atoms with Gasteiger partial charge in [-0.05, 0) is 108 Å². The van der Waals surface area contributed by atoms with Gasteiger partial charge in [0.25, 0.3) is 0 Å². The van der Waals surface area contributed by atoms with Crippen molar-refractivity contribution in [1.29, 1.82) is 0 Å². The second-order valence-corrected chi connectivity index (χ2v) is 23.5. The molecule has 2 aromatic heterocycles. The van der Waals surface area contributed by atoms with Crippen molar-refractivity contribution in [3.05, 3.63) is 84.6 Å². The number of alkyl carbamates (subject to hydrolysis) is 2. The summed E-state index contributed by atoms with van der Waals surface area (Å²) in [6, 6.07) is 23.0. The number of carbonyl (C=O) groups is 4. The summed E-state index contributed by atoms with van der Waals surface area (Å²) < 4.78 is 9.68. The quantitative estimate of drug-likeness (QED) is 0.100. The minimum Gasteiger partial charge on any atom is -0.453 e. The van der Waals surface area contributed by atoms with Crippen LogP contribution in [-0.4, -0.2) is 101 Å². The van der Waals surface area contributed by atoms with Crippen LogP contribution < -0.4 is 10.6 Å². The van der Waals surface area contributed by atoms with Crippen molar-refractivity contribution in [1.82, 2.24) is 40.4 Å². The molecule has 15 heteroatoms. The molecular weight excluding hydrogens is 801 g/mol. The molecule has 4 aromatic carbocycles. The zero-order chi connectivity index (χ0) is 42.9. The summed E-state index contributed by atoms with van der Waals surface area (Å²) in [6.45, 7) is 5.24. The van der Waals surface area contributed by atoms with Crippen LogP contribution in [0.3, 0.4) is 0 Å². The number of nitrogens with zero attached hydrogens (tertiary/aromatic N) is 4. The number of benzene rings is 4. The number of aromatic nitrogens is 4. The highest BCUT2D eigenvalue weighted by molar-refractivity contribution is 6.78. The fraction of sp³-hybridized carbons (Fsp3) is 0.404. The van der Waals surface area contributed by atoms with E-state index < -0.39 is 32.3 Å². The van der Waals surface area contributed by atoms with Gasteiger partial charge in [0.2, 0.25) is 11.8 Å². The zero-order valence-corrected chi connectivity index (χ0v) is 36.5. The van der Waals surface area contributed by atoms with Crippen LogP contribution in [0, 0.1) is 11.8 Å². The molecule has 10 rings (SSSR count). The van der Waals surface area contributed by atoms with Crippen molar-refractivity contribution in [2.24, 2.45) is 11.8 Å². The fourth-order valence-corrected chi connectivity index (χ4v) is 12.7. The lowest BCUT2D eigenvalue weighted by Gasteiger charge is -2.28. The number of aromatic amines is 2. The molecule has 0 radical (unpaired) electrons. The third-order valence-electron chi connectivity index (χ3n) is 13.4. The first-order valence-corrected chi connectivity index (χ1v) is 25.2. The molecule has 4 heterocycles. The number of H-pyrrole nitrogens is 2. The summed E-state index contributed by atoms with van der Waals surface area (Å²) in [7, 11) is 0.888. The Morgan fingerprint density at radius 1 is 0.710 bits per heavy atom. The Morgan fingerprint density at radius 2 is 1.31 bits per heavy atom. The van der Waals surface area contributed by atoms with E-state index in [9.17, 15) is 19.2 Å². The van der Waals surface area contributed by atoms with Crippen molar-refractivity contribution in [3.8, 4) is 22.4 Å². The molecule has 4 N–H and O–H groups in total. The van der Waals surface area contributed by atoms with E-state index in [-0.39, 0.29) is 35.7 Å². The van der Waals surface area contributed by atoms with Gasteiger partial charge in [0, 0.05) is 23.7 Å². The van der Waals surface area contributed by atoms with Crippen molar-refractivity contribution in [2.45, 2.75) is 81.8 Å². The maximum Gasteiger partial charge on any atom is 0.407 e. The van der Waals surface area contributed by atoms with E-state index >= 15 is 0 Å².